The number of benzene rings is 1. The van der Waals surface area contributed by atoms with Gasteiger partial charge < -0.3 is 5.21 Å². The highest BCUT2D eigenvalue weighted by molar-refractivity contribution is 5.55. The van der Waals surface area contributed by atoms with Crippen LogP contribution in [-0.2, 0) is 0 Å². The molecule has 0 amide bonds. The molecule has 1 aromatic rings. The van der Waals surface area contributed by atoms with Crippen molar-refractivity contribution in [2.24, 2.45) is 0 Å². The SMILES string of the molecule is Cc1cc([N+](C)(C)C)cc(C)c1C#[N+][O-]. The summed E-state index contributed by atoms with van der Waals surface area (Å²) in [5, 5.41) is 12.9. The maximum absolute atomic E-state index is 10.2. The van der Waals surface area contributed by atoms with Crippen LogP contribution in [0.25, 0.3) is 5.01 Å². The van der Waals surface area contributed by atoms with E-state index >= 15 is 0 Å². The Hall–Kier alpha value is -1.53. The highest BCUT2D eigenvalue weighted by atomic mass is 16.4. The number of hydrogen-bond acceptors (Lipinski definition) is 1. The zero-order valence-corrected chi connectivity index (χ0v) is 9.96. The van der Waals surface area contributed by atoms with Gasteiger partial charge >= 0.3 is 6.07 Å². The van der Waals surface area contributed by atoms with Crippen LogP contribution in [0, 0.1) is 25.1 Å². The van der Waals surface area contributed by atoms with E-state index in [0.29, 0.717) is 0 Å². The van der Waals surface area contributed by atoms with Gasteiger partial charge in [-0.3, -0.25) is 4.48 Å². The lowest BCUT2D eigenvalue weighted by molar-refractivity contribution is 0.486. The summed E-state index contributed by atoms with van der Waals surface area (Å²) in [5.41, 5.74) is 4.10. The molecule has 0 bridgehead atoms. The monoisotopic (exact) mass is 205 g/mol. The molecule has 15 heavy (non-hydrogen) atoms. The van der Waals surface area contributed by atoms with Crippen LogP contribution in [0.2, 0.25) is 0 Å². The minimum Gasteiger partial charge on any atom is -0.498 e. The Labute approximate surface area is 90.9 Å². The van der Waals surface area contributed by atoms with Crippen molar-refractivity contribution < 1.29 is 0 Å². The number of nitrogens with zero attached hydrogens (tertiary/aromatic N) is 2. The van der Waals surface area contributed by atoms with Gasteiger partial charge in [-0.15, -0.1) is 0 Å². The van der Waals surface area contributed by atoms with Crippen LogP contribution in [0.4, 0.5) is 5.69 Å². The van der Waals surface area contributed by atoms with Crippen molar-refractivity contribution >= 4 is 5.69 Å². The quantitative estimate of drug-likeness (QED) is 0.511. The molecule has 0 radical (unpaired) electrons. The smallest absolute Gasteiger partial charge is 0.337 e. The summed E-state index contributed by atoms with van der Waals surface area (Å²) >= 11 is 0. The fraction of sp³-hybridized carbons (Fsp3) is 0.417. The molecule has 3 heteroatoms. The molecule has 0 spiro atoms. The van der Waals surface area contributed by atoms with E-state index in [1.54, 1.807) is 0 Å². The van der Waals surface area contributed by atoms with E-state index in [1.807, 2.05) is 13.8 Å². The molecule has 0 saturated carbocycles. The molecule has 0 N–H and O–H groups in total. The standard InChI is InChI=1S/C12H17N2O/c1-9-6-11(14(3,4)5)7-10(2)12(9)8-13-15/h6-7H,1-5H3/q+1. The van der Waals surface area contributed by atoms with Crippen molar-refractivity contribution in [1.29, 1.82) is 0 Å². The molecule has 1 aromatic carbocycles. The zero-order chi connectivity index (χ0) is 11.6. The van der Waals surface area contributed by atoms with Crippen molar-refractivity contribution in [3.8, 4) is 6.07 Å². The molecule has 0 atom stereocenters. The fourth-order valence-corrected chi connectivity index (χ4v) is 1.55. The Morgan fingerprint density at radius 3 is 1.93 bits per heavy atom. The van der Waals surface area contributed by atoms with Gasteiger partial charge in [0.2, 0.25) is 0 Å². The van der Waals surface area contributed by atoms with Gasteiger partial charge in [-0.05, 0) is 25.0 Å². The van der Waals surface area contributed by atoms with Gasteiger partial charge in [-0.2, -0.15) is 0 Å². The molecule has 0 aromatic heterocycles. The van der Waals surface area contributed by atoms with Crippen LogP contribution in [0.3, 0.4) is 0 Å². The van der Waals surface area contributed by atoms with Crippen LogP contribution in [0.1, 0.15) is 16.7 Å². The lowest BCUT2D eigenvalue weighted by Gasteiger charge is -2.24. The summed E-state index contributed by atoms with van der Waals surface area (Å²) in [4.78, 5) is 0. The minimum absolute atomic E-state index is 0.760. The van der Waals surface area contributed by atoms with Gasteiger partial charge in [0.15, 0.2) is 0 Å². The summed E-state index contributed by atoms with van der Waals surface area (Å²) in [7, 11) is 6.33. The molecule has 0 saturated heterocycles. The average Bonchev–Trinajstić information content (AvgIpc) is 2.09. The molecular formula is C12H17N2O+. The van der Waals surface area contributed by atoms with E-state index in [1.165, 1.54) is 5.69 Å². The highest BCUT2D eigenvalue weighted by Crippen LogP contribution is 2.24. The normalized spacial score (nSPS) is 10.7. The largest absolute Gasteiger partial charge is 0.498 e. The summed E-state index contributed by atoms with van der Waals surface area (Å²) in [5.74, 6) is 0. The Bertz CT molecular complexity index is 410. The maximum Gasteiger partial charge on any atom is 0.337 e. The predicted molar refractivity (Wildman–Crippen MR) is 65.2 cm³/mol. The molecule has 0 aliphatic rings. The first-order chi connectivity index (χ1) is 6.86. The molecule has 0 heterocycles. The summed E-state index contributed by atoms with van der Waals surface area (Å²) in [6.45, 7) is 3.94. The van der Waals surface area contributed by atoms with E-state index in [2.05, 4.69) is 44.4 Å². The summed E-state index contributed by atoms with van der Waals surface area (Å²) < 4.78 is 0.760. The molecule has 0 aliphatic heterocycles. The maximum atomic E-state index is 10.2. The zero-order valence-electron chi connectivity index (χ0n) is 9.96. The second-order valence-electron chi connectivity index (χ2n) is 4.67. The molecular weight excluding hydrogens is 188 g/mol. The van der Waals surface area contributed by atoms with Gasteiger partial charge in [0.05, 0.1) is 21.1 Å². The van der Waals surface area contributed by atoms with Crippen molar-refractivity contribution in [3.05, 3.63) is 39.0 Å². The van der Waals surface area contributed by atoms with Crippen LogP contribution >= 0.6 is 0 Å². The third-order valence-electron chi connectivity index (χ3n) is 2.45. The van der Waals surface area contributed by atoms with Gasteiger partial charge in [-0.25, -0.2) is 0 Å². The second-order valence-corrected chi connectivity index (χ2v) is 4.67. The van der Waals surface area contributed by atoms with E-state index in [9.17, 15) is 5.21 Å². The number of aryl methyl sites for hydroxylation is 2. The molecule has 80 valence electrons. The molecule has 0 aliphatic carbocycles. The molecule has 3 nitrogen and oxygen atoms in total. The van der Waals surface area contributed by atoms with Gasteiger partial charge in [0.25, 0.3) is 0 Å². The van der Waals surface area contributed by atoms with E-state index < -0.39 is 0 Å². The predicted octanol–water partition coefficient (Wildman–Crippen LogP) is 2.68. The second kappa shape index (κ2) is 3.92. The minimum atomic E-state index is 0.760. The number of rotatable bonds is 1. The first-order valence-corrected chi connectivity index (χ1v) is 4.88. The van der Waals surface area contributed by atoms with Gasteiger partial charge in [0.1, 0.15) is 11.3 Å². The third kappa shape index (κ3) is 2.48. The van der Waals surface area contributed by atoms with Crippen LogP contribution in [0.15, 0.2) is 12.1 Å². The topological polar surface area (TPSA) is 27.4 Å². The number of quaternary nitrogens is 1. The van der Waals surface area contributed by atoms with Crippen molar-refractivity contribution in [1.82, 2.24) is 4.48 Å². The van der Waals surface area contributed by atoms with Crippen LogP contribution < -0.4 is 4.48 Å². The van der Waals surface area contributed by atoms with Crippen molar-refractivity contribution in [2.45, 2.75) is 13.8 Å². The first kappa shape index (κ1) is 11.5. The number of hydrogen-bond donors (Lipinski definition) is 0. The van der Waals surface area contributed by atoms with E-state index in [-0.39, 0.29) is 0 Å². The van der Waals surface area contributed by atoms with Gasteiger partial charge in [0, 0.05) is 17.1 Å². The Balaban J connectivity index is 3.36. The third-order valence-corrected chi connectivity index (χ3v) is 2.45. The average molecular weight is 205 g/mol. The van der Waals surface area contributed by atoms with Crippen molar-refractivity contribution in [3.63, 3.8) is 0 Å². The highest BCUT2D eigenvalue weighted by Gasteiger charge is 2.16. The lowest BCUT2D eigenvalue weighted by atomic mass is 10.0. The Morgan fingerprint density at radius 2 is 1.60 bits per heavy atom. The molecule has 0 fully saturated rings. The Morgan fingerprint density at radius 1 is 1.13 bits per heavy atom. The van der Waals surface area contributed by atoms with E-state index in [4.69, 9.17) is 0 Å². The lowest BCUT2D eigenvalue weighted by Crippen LogP contribution is -2.34. The van der Waals surface area contributed by atoms with Gasteiger partial charge in [-0.1, -0.05) is 0 Å². The van der Waals surface area contributed by atoms with Crippen LogP contribution in [-0.4, -0.2) is 21.1 Å². The Kier molecular flexibility index (Phi) is 3.01. The first-order valence-electron chi connectivity index (χ1n) is 4.88. The molecule has 1 rings (SSSR count). The van der Waals surface area contributed by atoms with Crippen LogP contribution in [0.5, 0.6) is 0 Å². The van der Waals surface area contributed by atoms with E-state index in [0.717, 1.165) is 21.2 Å². The summed E-state index contributed by atoms with van der Waals surface area (Å²) in [6.07, 6.45) is 0. The summed E-state index contributed by atoms with van der Waals surface area (Å²) in [6, 6.07) is 6.63. The van der Waals surface area contributed by atoms with Crippen molar-refractivity contribution in [2.75, 3.05) is 21.1 Å². The molecule has 0 unspecified atom stereocenters. The fourth-order valence-electron chi connectivity index (χ4n) is 1.55.